The predicted molar refractivity (Wildman–Crippen MR) is 73.6 cm³/mol. The first kappa shape index (κ1) is 13.1. The summed E-state index contributed by atoms with van der Waals surface area (Å²) in [6.07, 6.45) is 1.54. The summed E-state index contributed by atoms with van der Waals surface area (Å²) in [5, 5.41) is 3.67. The first-order valence-corrected chi connectivity index (χ1v) is 7.09. The molecule has 0 aromatic carbocycles. The molecule has 2 rings (SSSR count). The van der Waals surface area contributed by atoms with E-state index < -0.39 is 0 Å². The van der Waals surface area contributed by atoms with Crippen molar-refractivity contribution in [1.82, 2.24) is 5.32 Å². The van der Waals surface area contributed by atoms with Gasteiger partial charge in [-0.2, -0.15) is 0 Å². The van der Waals surface area contributed by atoms with Gasteiger partial charge in [0.05, 0.1) is 6.10 Å². The summed E-state index contributed by atoms with van der Waals surface area (Å²) in [5.74, 6) is 0. The van der Waals surface area contributed by atoms with E-state index in [1.54, 1.807) is 0 Å². The fraction of sp³-hybridized carbons (Fsp3) is 0.714. The lowest BCUT2D eigenvalue weighted by atomic mass is 9.64. The zero-order valence-electron chi connectivity index (χ0n) is 11.5. The van der Waals surface area contributed by atoms with Crippen molar-refractivity contribution in [3.63, 3.8) is 0 Å². The molecule has 1 aromatic heterocycles. The van der Waals surface area contributed by atoms with E-state index in [4.69, 9.17) is 4.74 Å². The second-order valence-corrected chi connectivity index (χ2v) is 7.11. The molecule has 0 aliphatic heterocycles. The van der Waals surface area contributed by atoms with Crippen LogP contribution in [0.3, 0.4) is 0 Å². The minimum absolute atomic E-state index is 0.258. The van der Waals surface area contributed by atoms with E-state index in [-0.39, 0.29) is 5.41 Å². The largest absolute Gasteiger partial charge is 0.381 e. The number of hydrogen-bond donors (Lipinski definition) is 1. The molecule has 0 amide bonds. The smallest absolute Gasteiger partial charge is 0.0652 e. The van der Waals surface area contributed by atoms with E-state index in [0.29, 0.717) is 12.1 Å². The molecule has 17 heavy (non-hydrogen) atoms. The van der Waals surface area contributed by atoms with Gasteiger partial charge in [-0.15, -0.1) is 11.3 Å². The predicted octanol–water partition coefficient (Wildman–Crippen LogP) is 3.27. The Morgan fingerprint density at radius 2 is 2.18 bits per heavy atom. The third-order valence-electron chi connectivity index (χ3n) is 4.14. The van der Waals surface area contributed by atoms with Crippen LogP contribution in [0.25, 0.3) is 0 Å². The summed E-state index contributed by atoms with van der Waals surface area (Å²) in [7, 11) is 1.81. The average Bonchev–Trinajstić information content (AvgIpc) is 2.56. The molecule has 1 saturated carbocycles. The Morgan fingerprint density at radius 1 is 1.47 bits per heavy atom. The van der Waals surface area contributed by atoms with Gasteiger partial charge in [0.2, 0.25) is 0 Å². The van der Waals surface area contributed by atoms with Crippen LogP contribution < -0.4 is 5.32 Å². The maximum atomic E-state index is 5.47. The molecule has 1 aliphatic carbocycles. The highest BCUT2D eigenvalue weighted by Gasteiger charge is 2.48. The van der Waals surface area contributed by atoms with Gasteiger partial charge in [0.1, 0.15) is 0 Å². The van der Waals surface area contributed by atoms with Crippen LogP contribution in [0.4, 0.5) is 0 Å². The van der Waals surface area contributed by atoms with Gasteiger partial charge in [-0.3, -0.25) is 0 Å². The van der Waals surface area contributed by atoms with Gasteiger partial charge >= 0.3 is 0 Å². The lowest BCUT2D eigenvalue weighted by Gasteiger charge is -2.51. The second kappa shape index (κ2) is 4.71. The number of methoxy groups -OCH3 is 1. The minimum Gasteiger partial charge on any atom is -0.381 e. The molecule has 0 bridgehead atoms. The van der Waals surface area contributed by atoms with Gasteiger partial charge in [-0.05, 0) is 31.9 Å². The molecule has 1 aromatic rings. The molecule has 0 saturated heterocycles. The summed E-state index contributed by atoms with van der Waals surface area (Å²) in [6.45, 7) is 9.94. The molecule has 0 radical (unpaired) electrons. The molecule has 3 heteroatoms. The van der Waals surface area contributed by atoms with E-state index in [1.165, 1.54) is 15.3 Å². The Balaban J connectivity index is 1.90. The van der Waals surface area contributed by atoms with Crippen LogP contribution in [0.1, 0.15) is 35.6 Å². The Bertz CT molecular complexity index is 397. The summed E-state index contributed by atoms with van der Waals surface area (Å²) < 4.78 is 5.47. The molecule has 2 unspecified atom stereocenters. The number of rotatable bonds is 4. The number of nitrogens with one attached hydrogen (secondary N) is 1. The summed E-state index contributed by atoms with van der Waals surface area (Å²) in [6, 6.07) is 2.87. The van der Waals surface area contributed by atoms with Gasteiger partial charge < -0.3 is 10.1 Å². The molecule has 1 fully saturated rings. The standard InChI is InChI=1S/C14H23NOS/c1-9-6-11(10(2)17-9)8-15-12-7-13(16-5)14(12,3)4/h6,12-13,15H,7-8H2,1-5H3. The van der Waals surface area contributed by atoms with Crippen molar-refractivity contribution in [2.24, 2.45) is 5.41 Å². The molecule has 0 spiro atoms. The van der Waals surface area contributed by atoms with Gasteiger partial charge in [0.15, 0.2) is 0 Å². The second-order valence-electron chi connectivity index (χ2n) is 5.65. The van der Waals surface area contributed by atoms with E-state index >= 15 is 0 Å². The Hall–Kier alpha value is -0.380. The summed E-state index contributed by atoms with van der Waals surface area (Å²) in [4.78, 5) is 2.84. The van der Waals surface area contributed by atoms with Gasteiger partial charge in [0, 0.05) is 34.9 Å². The number of ether oxygens (including phenoxy) is 1. The molecule has 1 heterocycles. The monoisotopic (exact) mass is 253 g/mol. The highest BCUT2D eigenvalue weighted by atomic mass is 32.1. The number of aryl methyl sites for hydroxylation is 2. The van der Waals surface area contributed by atoms with Crippen LogP contribution in [0.5, 0.6) is 0 Å². The highest BCUT2D eigenvalue weighted by molar-refractivity contribution is 7.12. The molecular weight excluding hydrogens is 230 g/mol. The van der Waals surface area contributed by atoms with Crippen molar-refractivity contribution >= 4 is 11.3 Å². The van der Waals surface area contributed by atoms with Crippen molar-refractivity contribution < 1.29 is 4.74 Å². The normalized spacial score (nSPS) is 26.9. The van der Waals surface area contributed by atoms with E-state index in [2.05, 4.69) is 39.1 Å². The topological polar surface area (TPSA) is 21.3 Å². The molecule has 96 valence electrons. The van der Waals surface area contributed by atoms with Crippen LogP contribution >= 0.6 is 11.3 Å². The zero-order valence-corrected chi connectivity index (χ0v) is 12.3. The average molecular weight is 253 g/mol. The highest BCUT2D eigenvalue weighted by Crippen LogP contribution is 2.42. The molecule has 2 atom stereocenters. The van der Waals surface area contributed by atoms with Crippen molar-refractivity contribution in [3.8, 4) is 0 Å². The minimum atomic E-state index is 0.258. The first-order valence-electron chi connectivity index (χ1n) is 6.27. The van der Waals surface area contributed by atoms with Crippen LogP contribution in [-0.2, 0) is 11.3 Å². The van der Waals surface area contributed by atoms with Crippen LogP contribution in [0.2, 0.25) is 0 Å². The maximum absolute atomic E-state index is 5.47. The molecule has 2 nitrogen and oxygen atoms in total. The van der Waals surface area contributed by atoms with Gasteiger partial charge in [-0.25, -0.2) is 0 Å². The van der Waals surface area contributed by atoms with Crippen LogP contribution in [-0.4, -0.2) is 19.3 Å². The molecular formula is C14H23NOS. The van der Waals surface area contributed by atoms with Crippen molar-refractivity contribution in [3.05, 3.63) is 21.4 Å². The maximum Gasteiger partial charge on any atom is 0.0652 e. The van der Waals surface area contributed by atoms with Crippen molar-refractivity contribution in [2.75, 3.05) is 7.11 Å². The lowest BCUT2D eigenvalue weighted by Crippen LogP contribution is -2.60. The quantitative estimate of drug-likeness (QED) is 0.889. The zero-order chi connectivity index (χ0) is 12.6. The lowest BCUT2D eigenvalue weighted by molar-refractivity contribution is -0.0979. The van der Waals surface area contributed by atoms with Crippen LogP contribution in [0, 0.1) is 19.3 Å². The van der Waals surface area contributed by atoms with Crippen LogP contribution in [0.15, 0.2) is 6.07 Å². The number of thiophene rings is 1. The molecule has 1 N–H and O–H groups in total. The van der Waals surface area contributed by atoms with Gasteiger partial charge in [-0.1, -0.05) is 13.8 Å². The van der Waals surface area contributed by atoms with Gasteiger partial charge in [0.25, 0.3) is 0 Å². The molecule has 1 aliphatic rings. The third-order valence-corrected chi connectivity index (χ3v) is 5.15. The van der Waals surface area contributed by atoms with Crippen molar-refractivity contribution in [2.45, 2.75) is 52.8 Å². The third kappa shape index (κ3) is 2.42. The fourth-order valence-electron chi connectivity index (χ4n) is 2.72. The summed E-state index contributed by atoms with van der Waals surface area (Å²) >= 11 is 1.89. The van der Waals surface area contributed by atoms with Crippen molar-refractivity contribution in [1.29, 1.82) is 0 Å². The number of hydrogen-bond acceptors (Lipinski definition) is 3. The summed E-state index contributed by atoms with van der Waals surface area (Å²) in [5.41, 5.74) is 1.71. The van der Waals surface area contributed by atoms with E-state index in [1.807, 2.05) is 18.4 Å². The fourth-order valence-corrected chi connectivity index (χ4v) is 3.67. The Kier molecular flexibility index (Phi) is 3.62. The Morgan fingerprint density at radius 3 is 2.65 bits per heavy atom. The van der Waals surface area contributed by atoms with E-state index in [0.717, 1.165) is 13.0 Å². The Labute approximate surface area is 108 Å². The SMILES string of the molecule is COC1CC(NCc2cc(C)sc2C)C1(C)C. The van der Waals surface area contributed by atoms with E-state index in [9.17, 15) is 0 Å². The first-order chi connectivity index (χ1) is 7.95.